The molecule has 114 valence electrons. The minimum atomic E-state index is 0.827. The second-order valence-electron chi connectivity index (χ2n) is 4.68. The number of unbranched alkanes of at least 4 members (excludes halogenated alkanes) is 1. The van der Waals surface area contributed by atoms with Crippen LogP contribution in [0.4, 0.5) is 0 Å². The number of guanidine groups is 1. The zero-order valence-electron chi connectivity index (χ0n) is 13.0. The third-order valence-corrected chi connectivity index (χ3v) is 3.84. The minimum Gasteiger partial charge on any atom is -0.361 e. The highest BCUT2D eigenvalue weighted by Gasteiger charge is 2.08. The Hall–Kier alpha value is -1.17. The molecule has 6 heteroatoms. The molecule has 0 unspecified atom stereocenters. The molecule has 0 amide bonds. The van der Waals surface area contributed by atoms with Crippen LogP contribution < -0.4 is 10.6 Å². The molecule has 1 aromatic heterocycles. The molecule has 0 atom stereocenters. The molecule has 0 bridgehead atoms. The summed E-state index contributed by atoms with van der Waals surface area (Å²) < 4.78 is 5.16. The van der Waals surface area contributed by atoms with Crippen molar-refractivity contribution < 1.29 is 4.52 Å². The van der Waals surface area contributed by atoms with Crippen molar-refractivity contribution in [3.8, 4) is 0 Å². The Labute approximate surface area is 126 Å². The fraction of sp³-hybridized carbons (Fsp3) is 0.714. The van der Waals surface area contributed by atoms with Gasteiger partial charge in [-0.3, -0.25) is 4.99 Å². The van der Waals surface area contributed by atoms with Gasteiger partial charge in [-0.2, -0.15) is 11.8 Å². The van der Waals surface area contributed by atoms with Crippen LogP contribution in [-0.2, 0) is 6.42 Å². The lowest BCUT2D eigenvalue weighted by Crippen LogP contribution is -2.38. The van der Waals surface area contributed by atoms with Gasteiger partial charge in [0, 0.05) is 25.7 Å². The lowest BCUT2D eigenvalue weighted by Gasteiger charge is -2.11. The van der Waals surface area contributed by atoms with E-state index in [2.05, 4.69) is 27.0 Å². The molecule has 1 aromatic rings. The molecule has 0 aliphatic rings. The summed E-state index contributed by atoms with van der Waals surface area (Å²) in [6, 6.07) is 0. The van der Waals surface area contributed by atoms with Crippen LogP contribution in [0.5, 0.6) is 0 Å². The van der Waals surface area contributed by atoms with Crippen LogP contribution in [0, 0.1) is 13.8 Å². The smallest absolute Gasteiger partial charge is 0.190 e. The number of aliphatic imine (C=N–C) groups is 1. The number of aromatic nitrogens is 1. The normalized spacial score (nSPS) is 11.7. The van der Waals surface area contributed by atoms with Crippen molar-refractivity contribution in [3.05, 3.63) is 17.0 Å². The minimum absolute atomic E-state index is 0.827. The number of hydrogen-bond donors (Lipinski definition) is 2. The van der Waals surface area contributed by atoms with Crippen molar-refractivity contribution in [1.82, 2.24) is 15.8 Å². The zero-order valence-corrected chi connectivity index (χ0v) is 13.8. The Morgan fingerprint density at radius 3 is 2.60 bits per heavy atom. The molecular weight excluding hydrogens is 272 g/mol. The number of nitrogens with zero attached hydrogens (tertiary/aromatic N) is 2. The summed E-state index contributed by atoms with van der Waals surface area (Å²) in [6.07, 6.45) is 5.45. The van der Waals surface area contributed by atoms with E-state index in [1.165, 1.54) is 24.2 Å². The monoisotopic (exact) mass is 298 g/mol. The van der Waals surface area contributed by atoms with E-state index in [-0.39, 0.29) is 0 Å². The molecule has 0 aromatic carbocycles. The molecule has 0 aliphatic carbocycles. The maximum absolute atomic E-state index is 5.16. The van der Waals surface area contributed by atoms with E-state index in [9.17, 15) is 0 Å². The Balaban J connectivity index is 2.22. The third-order valence-electron chi connectivity index (χ3n) is 3.14. The molecule has 2 N–H and O–H groups in total. The number of thioether (sulfide) groups is 1. The van der Waals surface area contributed by atoms with E-state index in [0.717, 1.165) is 36.9 Å². The Bertz CT molecular complexity index is 398. The van der Waals surface area contributed by atoms with Gasteiger partial charge in [0.25, 0.3) is 0 Å². The molecule has 0 radical (unpaired) electrons. The second-order valence-corrected chi connectivity index (χ2v) is 5.66. The molecule has 0 saturated heterocycles. The van der Waals surface area contributed by atoms with Crippen LogP contribution >= 0.6 is 11.8 Å². The van der Waals surface area contributed by atoms with Gasteiger partial charge in [-0.25, -0.2) is 0 Å². The highest BCUT2D eigenvalue weighted by atomic mass is 32.2. The van der Waals surface area contributed by atoms with Crippen LogP contribution in [0.1, 0.15) is 29.9 Å². The summed E-state index contributed by atoms with van der Waals surface area (Å²) in [5.74, 6) is 2.99. The van der Waals surface area contributed by atoms with Crippen LogP contribution in [0.2, 0.25) is 0 Å². The summed E-state index contributed by atoms with van der Waals surface area (Å²) >= 11 is 1.89. The third kappa shape index (κ3) is 5.86. The summed E-state index contributed by atoms with van der Waals surface area (Å²) in [5.41, 5.74) is 2.16. The van der Waals surface area contributed by atoms with E-state index >= 15 is 0 Å². The van der Waals surface area contributed by atoms with Crippen molar-refractivity contribution in [3.63, 3.8) is 0 Å². The van der Waals surface area contributed by atoms with Crippen molar-refractivity contribution in [2.24, 2.45) is 4.99 Å². The summed E-state index contributed by atoms with van der Waals surface area (Å²) in [7, 11) is 1.80. The van der Waals surface area contributed by atoms with Gasteiger partial charge in [-0.15, -0.1) is 0 Å². The predicted molar refractivity (Wildman–Crippen MR) is 86.7 cm³/mol. The van der Waals surface area contributed by atoms with Gasteiger partial charge in [0.15, 0.2) is 5.96 Å². The number of rotatable bonds is 8. The summed E-state index contributed by atoms with van der Waals surface area (Å²) in [5, 5.41) is 10.6. The molecule has 1 heterocycles. The van der Waals surface area contributed by atoms with E-state index in [1.807, 2.05) is 25.6 Å². The van der Waals surface area contributed by atoms with E-state index < -0.39 is 0 Å². The Morgan fingerprint density at radius 2 is 2.00 bits per heavy atom. The van der Waals surface area contributed by atoms with Gasteiger partial charge >= 0.3 is 0 Å². The van der Waals surface area contributed by atoms with Crippen LogP contribution in [0.3, 0.4) is 0 Å². The van der Waals surface area contributed by atoms with Crippen molar-refractivity contribution in [2.75, 3.05) is 32.1 Å². The van der Waals surface area contributed by atoms with Gasteiger partial charge < -0.3 is 15.2 Å². The van der Waals surface area contributed by atoms with Gasteiger partial charge in [0.1, 0.15) is 5.76 Å². The van der Waals surface area contributed by atoms with Crippen LogP contribution in [0.25, 0.3) is 0 Å². The number of aryl methyl sites for hydroxylation is 2. The fourth-order valence-corrected chi connectivity index (χ4v) is 2.46. The first-order valence-electron chi connectivity index (χ1n) is 7.04. The highest BCUT2D eigenvalue weighted by Crippen LogP contribution is 2.11. The van der Waals surface area contributed by atoms with E-state index in [0.29, 0.717) is 0 Å². The topological polar surface area (TPSA) is 62.5 Å². The van der Waals surface area contributed by atoms with Gasteiger partial charge in [0.2, 0.25) is 0 Å². The molecule has 0 aliphatic heterocycles. The maximum atomic E-state index is 5.16. The zero-order chi connectivity index (χ0) is 14.8. The lowest BCUT2D eigenvalue weighted by molar-refractivity contribution is 0.392. The number of hydrogen-bond acceptors (Lipinski definition) is 4. The maximum Gasteiger partial charge on any atom is 0.190 e. The van der Waals surface area contributed by atoms with Crippen molar-refractivity contribution in [2.45, 2.75) is 33.1 Å². The predicted octanol–water partition coefficient (Wildman–Crippen LogP) is 2.14. The molecule has 1 rings (SSSR count). The average molecular weight is 298 g/mol. The van der Waals surface area contributed by atoms with Gasteiger partial charge in [0.05, 0.1) is 5.69 Å². The first kappa shape index (κ1) is 16.9. The van der Waals surface area contributed by atoms with Crippen LogP contribution in [0.15, 0.2) is 9.52 Å². The Morgan fingerprint density at radius 1 is 1.25 bits per heavy atom. The average Bonchev–Trinajstić information content (AvgIpc) is 2.76. The quantitative estimate of drug-likeness (QED) is 0.437. The largest absolute Gasteiger partial charge is 0.361 e. The van der Waals surface area contributed by atoms with Crippen LogP contribution in [-0.4, -0.2) is 43.3 Å². The molecule has 0 saturated carbocycles. The highest BCUT2D eigenvalue weighted by molar-refractivity contribution is 7.98. The van der Waals surface area contributed by atoms with E-state index in [4.69, 9.17) is 4.52 Å². The SMILES string of the molecule is CN=C(NCCCCSC)NCCc1c(C)noc1C. The van der Waals surface area contributed by atoms with Crippen molar-refractivity contribution in [1.29, 1.82) is 0 Å². The molecule has 5 nitrogen and oxygen atoms in total. The Kier molecular flexibility index (Phi) is 8.18. The first-order valence-corrected chi connectivity index (χ1v) is 8.43. The van der Waals surface area contributed by atoms with Gasteiger partial charge in [-0.05, 0) is 45.1 Å². The number of nitrogens with one attached hydrogen (secondary N) is 2. The summed E-state index contributed by atoms with van der Waals surface area (Å²) in [6.45, 7) is 5.72. The lowest BCUT2D eigenvalue weighted by atomic mass is 10.1. The molecule has 0 spiro atoms. The first-order chi connectivity index (χ1) is 9.69. The fourth-order valence-electron chi connectivity index (χ4n) is 1.96. The van der Waals surface area contributed by atoms with E-state index in [1.54, 1.807) is 7.05 Å². The van der Waals surface area contributed by atoms with Crippen molar-refractivity contribution >= 4 is 17.7 Å². The second kappa shape index (κ2) is 9.69. The summed E-state index contributed by atoms with van der Waals surface area (Å²) in [4.78, 5) is 4.22. The van der Waals surface area contributed by atoms with Gasteiger partial charge in [-0.1, -0.05) is 5.16 Å². The molecular formula is C14H26N4OS. The standard InChI is InChI=1S/C14H26N4OS/c1-11-13(12(2)19-18-11)7-9-17-14(15-3)16-8-5-6-10-20-4/h5-10H2,1-4H3,(H2,15,16,17). The molecule has 20 heavy (non-hydrogen) atoms. The molecule has 0 fully saturated rings.